The molecule has 16 nitrogen and oxygen atoms in total. The number of aromatic carboxylic acids is 1. The fourth-order valence-electron chi connectivity index (χ4n) is 6.23. The monoisotopic (exact) mass is 876 g/mol. The van der Waals surface area contributed by atoms with Crippen molar-refractivity contribution in [3.8, 4) is 23.0 Å². The van der Waals surface area contributed by atoms with Crippen molar-refractivity contribution < 1.29 is 67.5 Å². The van der Waals surface area contributed by atoms with Crippen molar-refractivity contribution in [3.63, 3.8) is 0 Å². The Morgan fingerprint density at radius 3 is 1.68 bits per heavy atom. The van der Waals surface area contributed by atoms with Crippen LogP contribution in [-0.2, 0) is 19.1 Å². The number of para-hydroxylation sites is 1. The van der Waals surface area contributed by atoms with Crippen LogP contribution < -0.4 is 24.8 Å². The number of phenols is 1. The Bertz CT molecular complexity index is 2010. The van der Waals surface area contributed by atoms with Crippen molar-refractivity contribution >= 4 is 53.4 Å². The first-order valence-electron chi connectivity index (χ1n) is 21.8. The number of hydrogen-bond acceptors (Lipinski definition) is 13. The number of unbranched alkanes of at least 4 members (excludes halogenated alkanes) is 13. The number of aromatic hydroxyl groups is 1. The molecule has 342 valence electrons. The summed E-state index contributed by atoms with van der Waals surface area (Å²) in [6.07, 6.45) is 12.8. The van der Waals surface area contributed by atoms with E-state index in [9.17, 15) is 43.8 Å². The van der Waals surface area contributed by atoms with Crippen molar-refractivity contribution in [2.24, 2.45) is 0 Å². The first kappa shape index (κ1) is 50.9. The predicted octanol–water partition coefficient (Wildman–Crippen LogP) is 11.1. The van der Waals surface area contributed by atoms with Crippen molar-refractivity contribution in [1.29, 1.82) is 0 Å². The average Bonchev–Trinajstić information content (AvgIpc) is 3.23. The number of ether oxygens (including phenoxy) is 5. The largest absolute Gasteiger partial charge is 0.507 e. The molecular formula is C47H60N2O14. The summed E-state index contributed by atoms with van der Waals surface area (Å²) >= 11 is 0. The van der Waals surface area contributed by atoms with Gasteiger partial charge in [-0.1, -0.05) is 110 Å². The lowest BCUT2D eigenvalue weighted by Crippen LogP contribution is -2.19. The number of esters is 4. The molecule has 0 saturated carbocycles. The number of carbonyl (C=O) groups is 7. The summed E-state index contributed by atoms with van der Waals surface area (Å²) in [6.45, 7) is 6.40. The number of hydrogen-bond donors (Lipinski definition) is 4. The molecule has 63 heavy (non-hydrogen) atoms. The van der Waals surface area contributed by atoms with E-state index in [0.29, 0.717) is 19.3 Å². The Morgan fingerprint density at radius 1 is 0.524 bits per heavy atom. The van der Waals surface area contributed by atoms with E-state index in [0.717, 1.165) is 114 Å². The summed E-state index contributed by atoms with van der Waals surface area (Å²) in [5.74, 6) is -7.39. The SMILES string of the molecule is CCCCCCCCOC(=O)Nc1ccc(C(=O)Oc2c(OC(=O)CCCCCCC)cccc2C(=O)O)c(OC(=O)c2ccc(NC(=O)OC(=O)CCCCCCC)cc2O)c1. The van der Waals surface area contributed by atoms with Gasteiger partial charge < -0.3 is 33.9 Å². The molecule has 0 fully saturated rings. The Labute approximate surface area is 368 Å². The molecular weight excluding hydrogens is 817 g/mol. The lowest BCUT2D eigenvalue weighted by molar-refractivity contribution is -0.137. The van der Waals surface area contributed by atoms with Crippen LogP contribution in [0.4, 0.5) is 21.0 Å². The van der Waals surface area contributed by atoms with Crippen LogP contribution in [0.3, 0.4) is 0 Å². The normalized spacial score (nSPS) is 10.7. The summed E-state index contributed by atoms with van der Waals surface area (Å²) < 4.78 is 26.6. The Balaban J connectivity index is 1.84. The first-order chi connectivity index (χ1) is 30.4. The fourth-order valence-corrected chi connectivity index (χ4v) is 6.23. The minimum absolute atomic E-state index is 0.0233. The zero-order valence-corrected chi connectivity index (χ0v) is 36.4. The maximum absolute atomic E-state index is 13.8. The molecule has 0 aliphatic rings. The highest BCUT2D eigenvalue weighted by Gasteiger charge is 2.26. The lowest BCUT2D eigenvalue weighted by Gasteiger charge is -2.15. The van der Waals surface area contributed by atoms with E-state index in [1.807, 2.05) is 0 Å². The van der Waals surface area contributed by atoms with Gasteiger partial charge in [-0.3, -0.25) is 20.2 Å². The summed E-state index contributed by atoms with van der Waals surface area (Å²) in [5, 5.41) is 25.5. The van der Waals surface area contributed by atoms with Gasteiger partial charge in [0.2, 0.25) is 0 Å². The first-order valence-corrected chi connectivity index (χ1v) is 21.8. The highest BCUT2D eigenvalue weighted by molar-refractivity contribution is 6.01. The third-order valence-corrected chi connectivity index (χ3v) is 9.65. The minimum atomic E-state index is -1.49. The van der Waals surface area contributed by atoms with Gasteiger partial charge in [0.05, 0.1) is 6.61 Å². The van der Waals surface area contributed by atoms with Crippen LogP contribution in [0.1, 0.15) is 167 Å². The van der Waals surface area contributed by atoms with E-state index in [1.54, 1.807) is 0 Å². The van der Waals surface area contributed by atoms with E-state index >= 15 is 0 Å². The molecule has 0 saturated heterocycles. The zero-order valence-electron chi connectivity index (χ0n) is 36.4. The average molecular weight is 877 g/mol. The molecule has 3 rings (SSSR count). The van der Waals surface area contributed by atoms with Gasteiger partial charge in [-0.25, -0.2) is 24.0 Å². The predicted molar refractivity (Wildman–Crippen MR) is 234 cm³/mol. The zero-order chi connectivity index (χ0) is 46.0. The summed E-state index contributed by atoms with van der Waals surface area (Å²) in [4.78, 5) is 89.4. The molecule has 0 aromatic heterocycles. The Hall–Kier alpha value is -6.45. The van der Waals surface area contributed by atoms with Crippen molar-refractivity contribution in [2.45, 2.75) is 136 Å². The van der Waals surface area contributed by atoms with Crippen LogP contribution in [0.2, 0.25) is 0 Å². The number of nitrogens with one attached hydrogen (secondary N) is 2. The van der Waals surface area contributed by atoms with Gasteiger partial charge in [0.1, 0.15) is 28.2 Å². The smallest absolute Gasteiger partial charge is 0.419 e. The molecule has 0 aliphatic heterocycles. The summed E-state index contributed by atoms with van der Waals surface area (Å²) in [7, 11) is 0. The maximum atomic E-state index is 13.8. The molecule has 2 amide bonds. The number of carboxylic acid groups (broad SMARTS) is 1. The van der Waals surface area contributed by atoms with Gasteiger partial charge in [-0.05, 0) is 55.7 Å². The van der Waals surface area contributed by atoms with Crippen LogP contribution in [0.5, 0.6) is 23.0 Å². The standard InChI is InChI=1S/C47H60N2O14/c1-4-7-10-13-16-19-29-59-46(57)48-33-26-28-35(45(56)63-42-36(43(53)54)21-20-22-38(42)60-40(51)23-17-14-11-8-5-2)39(31-33)61-44(55)34-27-25-32(30-37(34)50)49-47(58)62-41(52)24-18-15-12-9-6-3/h20-22,25-28,30-31,50H,4-19,23-24,29H2,1-3H3,(H,48,57)(H,49,58)(H,53,54). The summed E-state index contributed by atoms with van der Waals surface area (Å²) in [6, 6.07) is 10.6. The molecule has 0 bridgehead atoms. The molecule has 0 unspecified atom stereocenters. The van der Waals surface area contributed by atoms with Crippen LogP contribution in [-0.4, -0.2) is 58.9 Å². The van der Waals surface area contributed by atoms with E-state index < -0.39 is 76.0 Å². The number of rotatable bonds is 27. The highest BCUT2D eigenvalue weighted by Crippen LogP contribution is 2.35. The third kappa shape index (κ3) is 18.6. The second-order valence-corrected chi connectivity index (χ2v) is 14.9. The molecule has 0 radical (unpaired) electrons. The van der Waals surface area contributed by atoms with Gasteiger partial charge in [0.25, 0.3) is 0 Å². The molecule has 3 aromatic carbocycles. The van der Waals surface area contributed by atoms with Crippen molar-refractivity contribution in [2.75, 3.05) is 17.2 Å². The third-order valence-electron chi connectivity index (χ3n) is 9.65. The number of phenolic OH excluding ortho intramolecular Hbond substituents is 1. The van der Waals surface area contributed by atoms with E-state index in [1.165, 1.54) is 24.3 Å². The van der Waals surface area contributed by atoms with Gasteiger partial charge in [-0.2, -0.15) is 0 Å². The topological polar surface area (TPSA) is 230 Å². The van der Waals surface area contributed by atoms with E-state index in [4.69, 9.17) is 23.7 Å². The molecule has 0 aliphatic carbocycles. The molecule has 0 spiro atoms. The van der Waals surface area contributed by atoms with Gasteiger partial charge in [0.15, 0.2) is 11.5 Å². The van der Waals surface area contributed by atoms with Gasteiger partial charge in [0, 0.05) is 36.3 Å². The number of carboxylic acids is 1. The van der Waals surface area contributed by atoms with Crippen molar-refractivity contribution in [3.05, 3.63) is 71.3 Å². The van der Waals surface area contributed by atoms with Gasteiger partial charge in [-0.15, -0.1) is 0 Å². The second kappa shape index (κ2) is 28.2. The minimum Gasteiger partial charge on any atom is -0.507 e. The van der Waals surface area contributed by atoms with Crippen molar-refractivity contribution in [1.82, 2.24) is 0 Å². The number of carbonyl (C=O) groups excluding carboxylic acids is 6. The molecule has 3 aromatic rings. The number of anilines is 2. The molecule has 0 heterocycles. The summed E-state index contributed by atoms with van der Waals surface area (Å²) in [5.41, 5.74) is -1.35. The second-order valence-electron chi connectivity index (χ2n) is 14.9. The lowest BCUT2D eigenvalue weighted by atomic mass is 10.1. The van der Waals surface area contributed by atoms with E-state index in [-0.39, 0.29) is 36.6 Å². The van der Waals surface area contributed by atoms with E-state index in [2.05, 4.69) is 31.4 Å². The quantitative estimate of drug-likeness (QED) is 0.0242. The van der Waals surface area contributed by atoms with Crippen LogP contribution >= 0.6 is 0 Å². The highest BCUT2D eigenvalue weighted by atomic mass is 16.6. The number of benzene rings is 3. The van der Waals surface area contributed by atoms with Crippen LogP contribution in [0, 0.1) is 0 Å². The van der Waals surface area contributed by atoms with Crippen LogP contribution in [0.25, 0.3) is 0 Å². The Kier molecular flexibility index (Phi) is 22.8. The number of amides is 2. The maximum Gasteiger partial charge on any atom is 0.419 e. The van der Waals surface area contributed by atoms with Crippen LogP contribution in [0.15, 0.2) is 54.6 Å². The van der Waals surface area contributed by atoms with Gasteiger partial charge >= 0.3 is 42.0 Å². The fraction of sp³-hybridized carbons (Fsp3) is 0.468. The molecule has 16 heteroatoms. The molecule has 4 N–H and O–H groups in total. The molecule has 0 atom stereocenters. The Morgan fingerprint density at radius 2 is 1.06 bits per heavy atom.